The van der Waals surface area contributed by atoms with Crippen molar-refractivity contribution in [3.8, 4) is 0 Å². The Kier molecular flexibility index (Phi) is 17.5. The van der Waals surface area contributed by atoms with E-state index in [4.69, 9.17) is 5.73 Å². The van der Waals surface area contributed by atoms with Crippen LogP contribution in [-0.4, -0.2) is 43.4 Å². The first kappa shape index (κ1) is 33.5. The second-order valence-electron chi connectivity index (χ2n) is 8.92. The number of carbonyl (C=O) groups excluding carboxylic acids is 2. The van der Waals surface area contributed by atoms with Gasteiger partial charge in [-0.1, -0.05) is 92.0 Å². The lowest BCUT2D eigenvalue weighted by Gasteiger charge is -2.32. The van der Waals surface area contributed by atoms with Gasteiger partial charge < -0.3 is 16.0 Å². The molecular weight excluding hydrogens is 422 g/mol. The van der Waals surface area contributed by atoms with Gasteiger partial charge in [0.2, 0.25) is 11.8 Å². The lowest BCUT2D eigenvalue weighted by atomic mass is 9.74. The molecular formula is C29H49N3O2. The first-order valence-corrected chi connectivity index (χ1v) is 12.3. The van der Waals surface area contributed by atoms with Crippen LogP contribution in [0.2, 0.25) is 0 Å². The van der Waals surface area contributed by atoms with Gasteiger partial charge in [0.1, 0.15) is 0 Å². The van der Waals surface area contributed by atoms with E-state index in [0.29, 0.717) is 18.5 Å². The molecule has 2 amide bonds. The number of amides is 2. The Hall–Kier alpha value is -2.66. The van der Waals surface area contributed by atoms with Gasteiger partial charge in [-0.05, 0) is 55.1 Å². The molecule has 0 saturated carbocycles. The highest BCUT2D eigenvalue weighted by Gasteiger charge is 2.29. The highest BCUT2D eigenvalue weighted by molar-refractivity contribution is 5.92. The third kappa shape index (κ3) is 12.5. The van der Waals surface area contributed by atoms with Crippen molar-refractivity contribution < 1.29 is 9.59 Å². The Balaban J connectivity index is 0. The van der Waals surface area contributed by atoms with Crippen molar-refractivity contribution in [2.45, 2.75) is 67.3 Å². The third-order valence-corrected chi connectivity index (χ3v) is 5.36. The van der Waals surface area contributed by atoms with Crippen LogP contribution in [0.3, 0.4) is 0 Å². The quantitative estimate of drug-likeness (QED) is 0.402. The molecule has 0 saturated heterocycles. The second kappa shape index (κ2) is 17.8. The Bertz CT molecular complexity index is 772. The molecule has 0 fully saturated rings. The van der Waals surface area contributed by atoms with E-state index >= 15 is 0 Å². The maximum absolute atomic E-state index is 12.8. The summed E-state index contributed by atoms with van der Waals surface area (Å²) in [4.78, 5) is 26.1. The zero-order valence-electron chi connectivity index (χ0n) is 23.1. The number of allylic oxidation sites excluding steroid dienone is 4. The van der Waals surface area contributed by atoms with Crippen molar-refractivity contribution >= 4 is 11.8 Å². The molecule has 0 aliphatic rings. The minimum atomic E-state index is -0.434. The number of rotatable bonds is 11. The van der Waals surface area contributed by atoms with Crippen LogP contribution in [0.4, 0.5) is 0 Å². The monoisotopic (exact) mass is 471 g/mol. The summed E-state index contributed by atoms with van der Waals surface area (Å²) in [6.45, 7) is 22.6. The highest BCUT2D eigenvalue weighted by atomic mass is 16.1. The molecule has 0 radical (unpaired) electrons. The van der Waals surface area contributed by atoms with Crippen LogP contribution in [0.5, 0.6) is 0 Å². The van der Waals surface area contributed by atoms with Crippen molar-refractivity contribution in [1.82, 2.24) is 10.2 Å². The fraction of sp³-hybridized carbons (Fsp3) is 0.517. The number of nitrogens with two attached hydrogens (primary N) is 1. The van der Waals surface area contributed by atoms with Gasteiger partial charge in [-0.25, -0.2) is 0 Å². The van der Waals surface area contributed by atoms with Crippen molar-refractivity contribution in [3.05, 3.63) is 72.4 Å². The smallest absolute Gasteiger partial charge is 0.248 e. The zero-order valence-corrected chi connectivity index (χ0v) is 23.1. The van der Waals surface area contributed by atoms with Crippen LogP contribution in [0.1, 0.15) is 70.8 Å². The molecule has 2 atom stereocenters. The van der Waals surface area contributed by atoms with Crippen LogP contribution >= 0.6 is 0 Å². The van der Waals surface area contributed by atoms with Gasteiger partial charge in [-0.2, -0.15) is 0 Å². The Morgan fingerprint density at radius 3 is 1.97 bits per heavy atom. The summed E-state index contributed by atoms with van der Waals surface area (Å²) in [6, 6.07) is 7.41. The van der Waals surface area contributed by atoms with Crippen molar-refractivity contribution in [1.29, 1.82) is 0 Å². The van der Waals surface area contributed by atoms with Crippen molar-refractivity contribution in [3.63, 3.8) is 0 Å². The summed E-state index contributed by atoms with van der Waals surface area (Å²) in [5, 5.41) is 3.10. The van der Waals surface area contributed by atoms with Gasteiger partial charge in [0.05, 0.1) is 0 Å². The van der Waals surface area contributed by atoms with Crippen molar-refractivity contribution in [2.75, 3.05) is 20.6 Å². The number of benzene rings is 1. The summed E-state index contributed by atoms with van der Waals surface area (Å²) < 4.78 is 0. The summed E-state index contributed by atoms with van der Waals surface area (Å²) in [5.74, 6) is -0.370. The van der Waals surface area contributed by atoms with Gasteiger partial charge >= 0.3 is 0 Å². The van der Waals surface area contributed by atoms with E-state index in [2.05, 4.69) is 44.1 Å². The number of carbonyl (C=O) groups is 2. The molecule has 0 aromatic heterocycles. The summed E-state index contributed by atoms with van der Waals surface area (Å²) in [7, 11) is 3.99. The lowest BCUT2D eigenvalue weighted by Crippen LogP contribution is -2.42. The number of primary amides is 1. The summed E-state index contributed by atoms with van der Waals surface area (Å²) >= 11 is 0. The molecule has 0 spiro atoms. The van der Waals surface area contributed by atoms with Gasteiger partial charge in [-0.3, -0.25) is 9.59 Å². The number of hydrogen-bond donors (Lipinski definition) is 2. The molecule has 5 nitrogen and oxygen atoms in total. The lowest BCUT2D eigenvalue weighted by molar-refractivity contribution is -0.122. The molecule has 0 aliphatic heterocycles. The Morgan fingerprint density at radius 1 is 1.06 bits per heavy atom. The average molecular weight is 472 g/mol. The standard InChI is InChI=1S/C25H37N3O2.2C2H6/c1-8-10-19(9-2)22(25(3,4)5)16-23(29)27-17-21(28(6)7)15-18-11-13-20(14-12-18)24(26)30;2*1-2/h8-14,21-22H,1-2,15-17H2,3-7H3,(H2,26,30)(H,27,29);2*1-2H3/b19-10+;;. The van der Waals surface area contributed by atoms with E-state index in [1.165, 1.54) is 0 Å². The first-order chi connectivity index (χ1) is 16.0. The molecule has 0 heterocycles. The van der Waals surface area contributed by atoms with Gasteiger partial charge in [0.25, 0.3) is 0 Å². The molecule has 2 unspecified atom stereocenters. The van der Waals surface area contributed by atoms with Gasteiger partial charge in [-0.15, -0.1) is 0 Å². The number of hydrogen-bond acceptors (Lipinski definition) is 3. The number of nitrogens with one attached hydrogen (secondary N) is 1. The van der Waals surface area contributed by atoms with Crippen LogP contribution in [0.15, 0.2) is 61.2 Å². The molecule has 192 valence electrons. The first-order valence-electron chi connectivity index (χ1n) is 12.3. The molecule has 0 bridgehead atoms. The van der Waals surface area contributed by atoms with Crippen LogP contribution in [0, 0.1) is 11.3 Å². The van der Waals surface area contributed by atoms with E-state index in [0.717, 1.165) is 17.6 Å². The van der Waals surface area contributed by atoms with Gasteiger partial charge in [0.15, 0.2) is 0 Å². The Morgan fingerprint density at radius 2 is 1.59 bits per heavy atom. The van der Waals surface area contributed by atoms with Crippen LogP contribution in [0.25, 0.3) is 0 Å². The molecule has 3 N–H and O–H groups in total. The average Bonchev–Trinajstić information content (AvgIpc) is 2.80. The molecule has 1 aromatic rings. The molecule has 0 aliphatic carbocycles. The predicted molar refractivity (Wildman–Crippen MR) is 148 cm³/mol. The van der Waals surface area contributed by atoms with E-state index in [-0.39, 0.29) is 23.3 Å². The maximum Gasteiger partial charge on any atom is 0.248 e. The fourth-order valence-electron chi connectivity index (χ4n) is 3.39. The zero-order chi connectivity index (χ0) is 26.9. The van der Waals surface area contributed by atoms with Crippen LogP contribution < -0.4 is 11.1 Å². The molecule has 5 heteroatoms. The van der Waals surface area contributed by atoms with E-state index in [1.807, 2.05) is 66.1 Å². The van der Waals surface area contributed by atoms with Crippen LogP contribution in [-0.2, 0) is 11.2 Å². The second-order valence-corrected chi connectivity index (χ2v) is 8.92. The number of nitrogens with zero attached hydrogens (tertiary/aromatic N) is 1. The summed E-state index contributed by atoms with van der Waals surface area (Å²) in [5.41, 5.74) is 7.82. The highest BCUT2D eigenvalue weighted by Crippen LogP contribution is 2.35. The maximum atomic E-state index is 12.8. The topological polar surface area (TPSA) is 75.4 Å². The van der Waals surface area contributed by atoms with E-state index in [9.17, 15) is 9.59 Å². The SMILES string of the molecule is C=C/C=C(\C=C)C(CC(=O)NCC(Cc1ccc(C(N)=O)cc1)N(C)C)C(C)(C)C.CC.CC. The largest absolute Gasteiger partial charge is 0.366 e. The predicted octanol–water partition coefficient (Wildman–Crippen LogP) is 5.78. The third-order valence-electron chi connectivity index (χ3n) is 5.36. The van der Waals surface area contributed by atoms with Crippen molar-refractivity contribution in [2.24, 2.45) is 17.1 Å². The minimum absolute atomic E-state index is 0.0164. The fourth-order valence-corrected chi connectivity index (χ4v) is 3.39. The number of likely N-dealkylation sites (N-methyl/N-ethyl adjacent to an activating group) is 1. The normalized spacial score (nSPS) is 12.8. The molecule has 1 rings (SSSR count). The summed E-state index contributed by atoms with van der Waals surface area (Å²) in [6.07, 6.45) is 6.61. The molecule has 34 heavy (non-hydrogen) atoms. The van der Waals surface area contributed by atoms with Gasteiger partial charge in [0, 0.05) is 24.6 Å². The van der Waals surface area contributed by atoms with E-state index in [1.54, 1.807) is 18.2 Å². The minimum Gasteiger partial charge on any atom is -0.366 e. The Labute approximate surface area is 209 Å². The molecule has 1 aromatic carbocycles. The van der Waals surface area contributed by atoms with E-state index < -0.39 is 5.91 Å².